The molecule has 9 nitrogen and oxygen atoms in total. The smallest absolute Gasteiger partial charge is 0.462 e. The van der Waals surface area contributed by atoms with Crippen molar-refractivity contribution in [3.05, 3.63) is 48.6 Å². The van der Waals surface area contributed by atoms with Crippen LogP contribution in [0.4, 0.5) is 0 Å². The Labute approximate surface area is 349 Å². The quantitative estimate of drug-likeness (QED) is 0.0267. The van der Waals surface area contributed by atoms with E-state index >= 15 is 0 Å². The number of carbonyl (C=O) groups is 2. The van der Waals surface area contributed by atoms with Crippen molar-refractivity contribution >= 4 is 19.8 Å². The van der Waals surface area contributed by atoms with Crippen LogP contribution in [0.3, 0.4) is 0 Å². The first-order chi connectivity index (χ1) is 27.8. The van der Waals surface area contributed by atoms with E-state index in [0.29, 0.717) is 12.8 Å². The number of phosphoric acid groups is 1. The van der Waals surface area contributed by atoms with Crippen molar-refractivity contribution in [1.82, 2.24) is 0 Å². The van der Waals surface area contributed by atoms with E-state index < -0.39 is 32.5 Å². The summed E-state index contributed by atoms with van der Waals surface area (Å²) in [6.45, 7) is 3.68. The number of nitrogens with two attached hydrogens (primary N) is 1. The van der Waals surface area contributed by atoms with Crippen LogP contribution in [0.25, 0.3) is 0 Å². The molecule has 57 heavy (non-hydrogen) atoms. The number of hydrogen-bond acceptors (Lipinski definition) is 8. The van der Waals surface area contributed by atoms with Gasteiger partial charge in [-0.15, -0.1) is 0 Å². The molecule has 0 aromatic rings. The zero-order valence-corrected chi connectivity index (χ0v) is 37.5. The SMILES string of the molecule is CCCCCC=CCC=CCC=CCC=CCCCCCC(=O)OC[C@H](COP(=O)(O)OCCN)OC(=O)CCCCCCCCCCCCCCCCCCC. The van der Waals surface area contributed by atoms with E-state index in [1.54, 1.807) is 0 Å². The van der Waals surface area contributed by atoms with Gasteiger partial charge in [-0.3, -0.25) is 18.6 Å². The summed E-state index contributed by atoms with van der Waals surface area (Å²) in [6, 6.07) is 0. The fourth-order valence-electron chi connectivity index (χ4n) is 6.27. The molecule has 332 valence electrons. The Balaban J connectivity index is 4.17. The van der Waals surface area contributed by atoms with E-state index in [0.717, 1.165) is 51.4 Å². The Hall–Kier alpha value is -2.03. The molecule has 0 amide bonds. The first-order valence-corrected chi connectivity index (χ1v) is 24.6. The average Bonchev–Trinajstić information content (AvgIpc) is 3.20. The van der Waals surface area contributed by atoms with Crippen LogP contribution in [0.15, 0.2) is 48.6 Å². The second-order valence-corrected chi connectivity index (χ2v) is 16.7. The number of rotatable bonds is 43. The van der Waals surface area contributed by atoms with Crippen LogP contribution in [-0.4, -0.2) is 49.3 Å². The van der Waals surface area contributed by atoms with Gasteiger partial charge >= 0.3 is 19.8 Å². The molecule has 0 radical (unpaired) electrons. The van der Waals surface area contributed by atoms with Crippen molar-refractivity contribution in [2.75, 3.05) is 26.4 Å². The van der Waals surface area contributed by atoms with Crippen molar-refractivity contribution in [1.29, 1.82) is 0 Å². The molecule has 10 heteroatoms. The molecule has 0 spiro atoms. The van der Waals surface area contributed by atoms with Crippen molar-refractivity contribution in [3.63, 3.8) is 0 Å². The summed E-state index contributed by atoms with van der Waals surface area (Å²) in [6.07, 6.45) is 49.9. The highest BCUT2D eigenvalue weighted by atomic mass is 31.2. The lowest BCUT2D eigenvalue weighted by Crippen LogP contribution is -2.29. The molecule has 0 aliphatic heterocycles. The lowest BCUT2D eigenvalue weighted by molar-refractivity contribution is -0.161. The standard InChI is InChI=1S/C47H86NO8P/c1-3-5-7-9-11-13-15-17-19-21-22-24-25-27-29-31-33-35-37-39-46(49)53-43-45(44-55-57(51,52)54-42-41-48)56-47(50)40-38-36-34-32-30-28-26-23-20-18-16-14-12-10-8-6-4-2/h11,13,17,19,22,24,27,29,45H,3-10,12,14-16,18,20-21,23,25-26,28,30-44,48H2,1-2H3,(H,51,52)/t45-/m1/s1. The molecule has 0 aromatic carbocycles. The third kappa shape index (κ3) is 43.4. The number of phosphoric ester groups is 1. The van der Waals surface area contributed by atoms with Gasteiger partial charge in [-0.05, 0) is 57.8 Å². The predicted molar refractivity (Wildman–Crippen MR) is 238 cm³/mol. The minimum Gasteiger partial charge on any atom is -0.462 e. The molecule has 0 aromatic heterocycles. The molecule has 0 saturated heterocycles. The lowest BCUT2D eigenvalue weighted by atomic mass is 10.0. The van der Waals surface area contributed by atoms with E-state index in [4.69, 9.17) is 24.3 Å². The maximum absolute atomic E-state index is 12.6. The van der Waals surface area contributed by atoms with E-state index in [1.165, 1.54) is 116 Å². The molecule has 0 rings (SSSR count). The summed E-state index contributed by atoms with van der Waals surface area (Å²) < 4.78 is 32.8. The van der Waals surface area contributed by atoms with Gasteiger partial charge < -0.3 is 20.1 Å². The molecule has 0 heterocycles. The Morgan fingerprint density at radius 2 is 0.912 bits per heavy atom. The second-order valence-electron chi connectivity index (χ2n) is 15.3. The molecule has 0 aliphatic carbocycles. The molecule has 3 N–H and O–H groups in total. The normalized spacial score (nSPS) is 13.7. The maximum Gasteiger partial charge on any atom is 0.472 e. The van der Waals surface area contributed by atoms with Gasteiger partial charge in [0.2, 0.25) is 0 Å². The van der Waals surface area contributed by atoms with Crippen molar-refractivity contribution < 1.29 is 37.6 Å². The van der Waals surface area contributed by atoms with Gasteiger partial charge in [0.15, 0.2) is 6.10 Å². The van der Waals surface area contributed by atoms with Gasteiger partial charge in [-0.2, -0.15) is 0 Å². The van der Waals surface area contributed by atoms with Crippen LogP contribution < -0.4 is 5.73 Å². The topological polar surface area (TPSA) is 134 Å². The van der Waals surface area contributed by atoms with Crippen LogP contribution in [0.5, 0.6) is 0 Å². The van der Waals surface area contributed by atoms with Crippen molar-refractivity contribution in [2.24, 2.45) is 5.73 Å². The summed E-state index contributed by atoms with van der Waals surface area (Å²) in [7, 11) is -4.39. The summed E-state index contributed by atoms with van der Waals surface area (Å²) in [5.41, 5.74) is 5.35. The summed E-state index contributed by atoms with van der Waals surface area (Å²) in [5.74, 6) is -0.860. The first kappa shape index (κ1) is 55.0. The van der Waals surface area contributed by atoms with Gasteiger partial charge in [-0.25, -0.2) is 4.57 Å². The van der Waals surface area contributed by atoms with Crippen molar-refractivity contribution in [2.45, 2.75) is 213 Å². The Morgan fingerprint density at radius 3 is 1.39 bits per heavy atom. The lowest BCUT2D eigenvalue weighted by Gasteiger charge is -2.19. The van der Waals surface area contributed by atoms with Gasteiger partial charge in [0.05, 0.1) is 13.2 Å². The highest BCUT2D eigenvalue weighted by molar-refractivity contribution is 7.47. The molecule has 1 unspecified atom stereocenters. The van der Waals surface area contributed by atoms with Gasteiger partial charge in [0.1, 0.15) is 6.61 Å². The minimum atomic E-state index is -4.39. The largest absolute Gasteiger partial charge is 0.472 e. The monoisotopic (exact) mass is 824 g/mol. The maximum atomic E-state index is 12.6. The summed E-state index contributed by atoms with van der Waals surface area (Å²) >= 11 is 0. The Bertz CT molecular complexity index is 1080. The number of allylic oxidation sites excluding steroid dienone is 8. The van der Waals surface area contributed by atoms with Crippen LogP contribution >= 0.6 is 7.82 Å². The van der Waals surface area contributed by atoms with E-state index in [2.05, 4.69) is 62.5 Å². The molecular weight excluding hydrogens is 737 g/mol. The van der Waals surface area contributed by atoms with Crippen LogP contribution in [-0.2, 0) is 32.7 Å². The zero-order valence-electron chi connectivity index (χ0n) is 36.6. The van der Waals surface area contributed by atoms with Crippen LogP contribution in [0.1, 0.15) is 206 Å². The summed E-state index contributed by atoms with van der Waals surface area (Å²) in [4.78, 5) is 34.9. The summed E-state index contributed by atoms with van der Waals surface area (Å²) in [5, 5.41) is 0. The minimum absolute atomic E-state index is 0.0485. The Morgan fingerprint density at radius 1 is 0.526 bits per heavy atom. The second kappa shape index (κ2) is 43.5. The van der Waals surface area contributed by atoms with Gasteiger partial charge in [-0.1, -0.05) is 184 Å². The van der Waals surface area contributed by atoms with E-state index in [-0.39, 0.29) is 32.6 Å². The molecule has 0 aliphatic rings. The fraction of sp³-hybridized carbons (Fsp3) is 0.787. The van der Waals surface area contributed by atoms with E-state index in [1.807, 2.05) is 0 Å². The van der Waals surface area contributed by atoms with Crippen molar-refractivity contribution in [3.8, 4) is 0 Å². The van der Waals surface area contributed by atoms with Crippen LogP contribution in [0.2, 0.25) is 0 Å². The molecule has 0 bridgehead atoms. The predicted octanol–water partition coefficient (Wildman–Crippen LogP) is 13.5. The fourth-order valence-corrected chi connectivity index (χ4v) is 7.03. The molecular formula is C47H86NO8P. The van der Waals surface area contributed by atoms with Crippen LogP contribution in [0, 0.1) is 0 Å². The number of carbonyl (C=O) groups excluding carboxylic acids is 2. The highest BCUT2D eigenvalue weighted by Crippen LogP contribution is 2.43. The number of ether oxygens (including phenoxy) is 2. The third-order valence-electron chi connectivity index (χ3n) is 9.72. The molecule has 2 atom stereocenters. The van der Waals surface area contributed by atoms with Gasteiger partial charge in [0, 0.05) is 19.4 Å². The Kier molecular flexibility index (Phi) is 42.0. The first-order valence-electron chi connectivity index (χ1n) is 23.1. The molecule has 0 fully saturated rings. The third-order valence-corrected chi connectivity index (χ3v) is 10.7. The number of unbranched alkanes of at least 4 members (excludes halogenated alkanes) is 22. The zero-order chi connectivity index (χ0) is 41.8. The van der Waals surface area contributed by atoms with E-state index in [9.17, 15) is 19.0 Å². The molecule has 0 saturated carbocycles. The highest BCUT2D eigenvalue weighted by Gasteiger charge is 2.26. The van der Waals surface area contributed by atoms with Gasteiger partial charge in [0.25, 0.3) is 0 Å². The number of esters is 2. The number of hydrogen-bond donors (Lipinski definition) is 2. The average molecular weight is 824 g/mol.